The number of fused-ring (bicyclic) bond motifs is 3. The predicted octanol–water partition coefficient (Wildman–Crippen LogP) is 3.07. The topological polar surface area (TPSA) is 75.3 Å². The minimum Gasteiger partial charge on any atom is -0.496 e. The van der Waals surface area contributed by atoms with E-state index in [0.717, 1.165) is 40.8 Å². The highest BCUT2D eigenvalue weighted by atomic mass is 32.1. The molecule has 2 heterocycles. The van der Waals surface area contributed by atoms with Gasteiger partial charge in [0.15, 0.2) is 0 Å². The first kappa shape index (κ1) is 18.7. The molecule has 1 amide bonds. The molecule has 2 aromatic heterocycles. The number of carbonyl (C=O) groups is 1. The Hall–Kier alpha value is -2.67. The maximum Gasteiger partial charge on any atom is 0.259 e. The van der Waals surface area contributed by atoms with Crippen molar-refractivity contribution in [2.45, 2.75) is 38.6 Å². The molecule has 0 atom stereocenters. The Bertz CT molecular complexity index is 1090. The molecule has 0 saturated carbocycles. The monoisotopic (exact) mass is 397 g/mol. The SMILES string of the molecule is COc1ccccc1CN(C)C(=O)CCc1nc2sc3c(c2c(=O)[nH]1)CCC3. The fourth-order valence-corrected chi connectivity index (χ4v) is 5.04. The lowest BCUT2D eigenvalue weighted by atomic mass is 10.1. The number of hydrogen-bond acceptors (Lipinski definition) is 5. The van der Waals surface area contributed by atoms with Crippen LogP contribution in [0.25, 0.3) is 10.2 Å². The minimum atomic E-state index is -0.0748. The second-order valence-corrected chi connectivity index (χ2v) is 8.20. The van der Waals surface area contributed by atoms with E-state index in [4.69, 9.17) is 4.74 Å². The van der Waals surface area contributed by atoms with Crippen LogP contribution >= 0.6 is 11.3 Å². The number of carbonyl (C=O) groups excluding carboxylic acids is 1. The van der Waals surface area contributed by atoms with Gasteiger partial charge in [0.25, 0.3) is 5.56 Å². The van der Waals surface area contributed by atoms with E-state index in [1.165, 1.54) is 10.4 Å². The largest absolute Gasteiger partial charge is 0.496 e. The molecule has 0 fully saturated rings. The number of amides is 1. The van der Waals surface area contributed by atoms with Crippen molar-refractivity contribution in [1.29, 1.82) is 0 Å². The number of benzene rings is 1. The van der Waals surface area contributed by atoms with Crippen molar-refractivity contribution in [2.75, 3.05) is 14.2 Å². The molecule has 1 N–H and O–H groups in total. The third-order valence-electron chi connectivity index (χ3n) is 5.23. The Kier molecular flexibility index (Phi) is 5.17. The van der Waals surface area contributed by atoms with Crippen molar-refractivity contribution in [3.63, 3.8) is 0 Å². The summed E-state index contributed by atoms with van der Waals surface area (Å²) >= 11 is 1.62. The van der Waals surface area contributed by atoms with Gasteiger partial charge in [-0.2, -0.15) is 0 Å². The molecule has 28 heavy (non-hydrogen) atoms. The van der Waals surface area contributed by atoms with E-state index in [9.17, 15) is 9.59 Å². The number of methoxy groups -OCH3 is 1. The van der Waals surface area contributed by atoms with Gasteiger partial charge in [-0.3, -0.25) is 9.59 Å². The molecule has 7 heteroatoms. The van der Waals surface area contributed by atoms with Crippen molar-refractivity contribution in [3.8, 4) is 5.75 Å². The molecular formula is C21H23N3O3S. The lowest BCUT2D eigenvalue weighted by Gasteiger charge is -2.18. The summed E-state index contributed by atoms with van der Waals surface area (Å²) in [4.78, 5) is 36.3. The zero-order chi connectivity index (χ0) is 19.7. The second kappa shape index (κ2) is 7.75. The number of nitrogens with zero attached hydrogens (tertiary/aromatic N) is 2. The molecule has 0 aliphatic heterocycles. The highest BCUT2D eigenvalue weighted by Crippen LogP contribution is 2.34. The molecule has 1 aliphatic carbocycles. The average Bonchev–Trinajstić information content (AvgIpc) is 3.27. The fourth-order valence-electron chi connectivity index (χ4n) is 3.76. The molecule has 4 rings (SSSR count). The molecule has 0 spiro atoms. The molecule has 3 aromatic rings. The maximum atomic E-state index is 12.6. The van der Waals surface area contributed by atoms with E-state index in [1.807, 2.05) is 24.3 Å². The third-order valence-corrected chi connectivity index (χ3v) is 6.41. The van der Waals surface area contributed by atoms with E-state index in [-0.39, 0.29) is 11.5 Å². The quantitative estimate of drug-likeness (QED) is 0.694. The standard InChI is InChI=1S/C21H23N3O3S/c1-24(12-13-6-3-4-8-15(13)27-2)18(25)11-10-17-22-20(26)19-14-7-5-9-16(14)28-21(19)23-17/h3-4,6,8H,5,7,9-12H2,1-2H3,(H,22,23,26). The van der Waals surface area contributed by atoms with E-state index in [1.54, 1.807) is 30.4 Å². The van der Waals surface area contributed by atoms with E-state index >= 15 is 0 Å². The van der Waals surface area contributed by atoms with Crippen LogP contribution in [0.5, 0.6) is 5.75 Å². The van der Waals surface area contributed by atoms with Crippen LogP contribution in [0.4, 0.5) is 0 Å². The first-order valence-electron chi connectivity index (χ1n) is 9.46. The Labute approximate surface area is 167 Å². The summed E-state index contributed by atoms with van der Waals surface area (Å²) in [6.07, 6.45) is 3.84. The Balaban J connectivity index is 1.44. The first-order chi connectivity index (χ1) is 13.6. The highest BCUT2D eigenvalue weighted by molar-refractivity contribution is 7.18. The summed E-state index contributed by atoms with van der Waals surface area (Å²) in [5.74, 6) is 1.35. The molecule has 0 unspecified atom stereocenters. The summed E-state index contributed by atoms with van der Waals surface area (Å²) in [6.45, 7) is 0.476. The smallest absolute Gasteiger partial charge is 0.259 e. The van der Waals surface area contributed by atoms with Crippen LogP contribution in [0, 0.1) is 0 Å². The molecule has 1 aliphatic rings. The van der Waals surface area contributed by atoms with Crippen LogP contribution in [0.15, 0.2) is 29.1 Å². The number of H-pyrrole nitrogens is 1. The summed E-state index contributed by atoms with van der Waals surface area (Å²) < 4.78 is 5.35. The molecule has 1 aromatic carbocycles. The van der Waals surface area contributed by atoms with Gasteiger partial charge in [-0.15, -0.1) is 11.3 Å². The number of aryl methyl sites for hydroxylation is 3. The second-order valence-electron chi connectivity index (χ2n) is 7.11. The zero-order valence-electron chi connectivity index (χ0n) is 16.1. The Morgan fingerprint density at radius 1 is 1.32 bits per heavy atom. The van der Waals surface area contributed by atoms with Gasteiger partial charge in [0.05, 0.1) is 12.5 Å². The number of aromatic amines is 1. The molecule has 146 valence electrons. The van der Waals surface area contributed by atoms with Gasteiger partial charge in [0.1, 0.15) is 16.4 Å². The molecule has 6 nitrogen and oxygen atoms in total. The van der Waals surface area contributed by atoms with Crippen LogP contribution < -0.4 is 10.3 Å². The normalized spacial score (nSPS) is 12.9. The number of nitrogens with one attached hydrogen (secondary N) is 1. The van der Waals surface area contributed by atoms with Crippen molar-refractivity contribution in [2.24, 2.45) is 0 Å². The van der Waals surface area contributed by atoms with E-state index in [2.05, 4.69) is 9.97 Å². The van der Waals surface area contributed by atoms with Gasteiger partial charge in [0, 0.05) is 36.9 Å². The minimum absolute atomic E-state index is 0.00215. The molecule has 0 saturated heterocycles. The number of aromatic nitrogens is 2. The summed E-state index contributed by atoms with van der Waals surface area (Å²) in [6, 6.07) is 7.67. The fraction of sp³-hybridized carbons (Fsp3) is 0.381. The lowest BCUT2D eigenvalue weighted by Crippen LogP contribution is -2.27. The van der Waals surface area contributed by atoms with Gasteiger partial charge in [-0.1, -0.05) is 18.2 Å². The van der Waals surface area contributed by atoms with Crippen LogP contribution in [-0.4, -0.2) is 34.9 Å². The van der Waals surface area contributed by atoms with Gasteiger partial charge >= 0.3 is 0 Å². The summed E-state index contributed by atoms with van der Waals surface area (Å²) in [5, 5.41) is 0.751. The molecule has 0 radical (unpaired) electrons. The van der Waals surface area contributed by atoms with Crippen molar-refractivity contribution < 1.29 is 9.53 Å². The van der Waals surface area contributed by atoms with Crippen LogP contribution in [0.1, 0.15) is 34.7 Å². The van der Waals surface area contributed by atoms with Crippen LogP contribution in [0.2, 0.25) is 0 Å². The number of thiophene rings is 1. The Morgan fingerprint density at radius 2 is 2.14 bits per heavy atom. The first-order valence-corrected chi connectivity index (χ1v) is 10.3. The third kappa shape index (κ3) is 3.54. The highest BCUT2D eigenvalue weighted by Gasteiger charge is 2.21. The number of para-hydroxylation sites is 1. The van der Waals surface area contributed by atoms with Crippen molar-refractivity contribution >= 4 is 27.5 Å². The Morgan fingerprint density at radius 3 is 2.96 bits per heavy atom. The van der Waals surface area contributed by atoms with Gasteiger partial charge in [0.2, 0.25) is 5.91 Å². The van der Waals surface area contributed by atoms with Gasteiger partial charge in [-0.25, -0.2) is 4.98 Å². The van der Waals surface area contributed by atoms with Gasteiger partial charge < -0.3 is 14.6 Å². The molecule has 0 bridgehead atoms. The van der Waals surface area contributed by atoms with Crippen LogP contribution in [-0.2, 0) is 30.6 Å². The number of ether oxygens (including phenoxy) is 1. The number of hydrogen-bond donors (Lipinski definition) is 1. The molecular weight excluding hydrogens is 374 g/mol. The number of rotatable bonds is 6. The lowest BCUT2D eigenvalue weighted by molar-refractivity contribution is -0.130. The van der Waals surface area contributed by atoms with Gasteiger partial charge in [-0.05, 0) is 30.9 Å². The van der Waals surface area contributed by atoms with E-state index in [0.29, 0.717) is 25.2 Å². The predicted molar refractivity (Wildman–Crippen MR) is 110 cm³/mol. The van der Waals surface area contributed by atoms with Crippen molar-refractivity contribution in [1.82, 2.24) is 14.9 Å². The summed E-state index contributed by atoms with van der Waals surface area (Å²) in [7, 11) is 3.40. The van der Waals surface area contributed by atoms with Crippen molar-refractivity contribution in [3.05, 3.63) is 56.4 Å². The zero-order valence-corrected chi connectivity index (χ0v) is 16.9. The van der Waals surface area contributed by atoms with E-state index < -0.39 is 0 Å². The average molecular weight is 398 g/mol. The van der Waals surface area contributed by atoms with Crippen LogP contribution in [0.3, 0.4) is 0 Å². The summed E-state index contributed by atoms with van der Waals surface area (Å²) in [5.41, 5.74) is 2.06. The maximum absolute atomic E-state index is 12.6.